The first-order valence-corrected chi connectivity index (χ1v) is 8.46. The van der Waals surface area contributed by atoms with Gasteiger partial charge in [0.1, 0.15) is 0 Å². The molecular weight excluding hydrogens is 294 g/mol. The molecule has 1 heterocycles. The number of hydrogen-bond donors (Lipinski definition) is 1. The Morgan fingerprint density at radius 2 is 2.14 bits per heavy atom. The number of hydrogen-bond acceptors (Lipinski definition) is 3. The van der Waals surface area contributed by atoms with Crippen LogP contribution in [0.5, 0.6) is 0 Å². The zero-order valence-electron chi connectivity index (χ0n) is 14.7. The molecule has 1 unspecified atom stereocenters. The van der Waals surface area contributed by atoms with E-state index in [1.807, 2.05) is 18.2 Å². The Kier molecular flexibility index (Phi) is 5.91. The van der Waals surface area contributed by atoms with Crippen LogP contribution in [0.1, 0.15) is 35.0 Å². The van der Waals surface area contributed by atoms with Gasteiger partial charge in [0.15, 0.2) is 0 Å². The minimum Gasteiger partial charge on any atom is -0.382 e. The van der Waals surface area contributed by atoms with Crippen LogP contribution in [-0.2, 0) is 0 Å². The molecule has 0 radical (unpaired) electrons. The molecule has 0 saturated carbocycles. The molecular formula is C18H26ClN3. The highest BCUT2D eigenvalue weighted by atomic mass is 35.5. The molecule has 120 valence electrons. The number of halogens is 1. The van der Waals surface area contributed by atoms with Crippen LogP contribution in [0, 0.1) is 0 Å². The van der Waals surface area contributed by atoms with Crippen molar-refractivity contribution in [2.24, 2.45) is 0 Å². The average Bonchev–Trinajstić information content (AvgIpc) is 2.54. The molecule has 3 nitrogen and oxygen atoms in total. The Bertz CT molecular complexity index is 643. The standard InChI is InChI=1S/C18H26ClN3/c1-4-22(5-2)12-6-7-14(3)21-17-10-11-20-18-13-15(19)8-9-16(17)18/h8-11,13-14H,4-7,12H2,1-3H3,(H,20,21)/i10T. The van der Waals surface area contributed by atoms with Crippen molar-refractivity contribution in [2.75, 3.05) is 25.0 Å². The summed E-state index contributed by atoms with van der Waals surface area (Å²) in [4.78, 5) is 6.74. The quantitative estimate of drug-likeness (QED) is 0.756. The predicted molar refractivity (Wildman–Crippen MR) is 96.9 cm³/mol. The van der Waals surface area contributed by atoms with Crippen LogP contribution < -0.4 is 5.32 Å². The topological polar surface area (TPSA) is 28.2 Å². The predicted octanol–water partition coefficient (Wildman–Crippen LogP) is 4.81. The molecule has 22 heavy (non-hydrogen) atoms. The van der Waals surface area contributed by atoms with Gasteiger partial charge in [-0.3, -0.25) is 4.98 Å². The molecule has 4 heteroatoms. The highest BCUT2D eigenvalue weighted by Crippen LogP contribution is 2.25. The summed E-state index contributed by atoms with van der Waals surface area (Å²) in [5.41, 5.74) is 1.67. The maximum Gasteiger partial charge on any atom is 0.0737 e. The van der Waals surface area contributed by atoms with E-state index >= 15 is 0 Å². The molecule has 0 fully saturated rings. The van der Waals surface area contributed by atoms with Crippen LogP contribution in [0.3, 0.4) is 0 Å². The highest BCUT2D eigenvalue weighted by molar-refractivity contribution is 6.31. The van der Waals surface area contributed by atoms with Crippen molar-refractivity contribution in [3.05, 3.63) is 35.5 Å². The van der Waals surface area contributed by atoms with Crippen molar-refractivity contribution in [1.29, 1.82) is 0 Å². The monoisotopic (exact) mass is 321 g/mol. The maximum absolute atomic E-state index is 8.14. The summed E-state index contributed by atoms with van der Waals surface area (Å²) in [5, 5.41) is 5.12. The van der Waals surface area contributed by atoms with Gasteiger partial charge in [0.05, 0.1) is 6.89 Å². The normalized spacial score (nSPS) is 13.4. The molecule has 1 aromatic heterocycles. The number of nitrogens with zero attached hydrogens (tertiary/aromatic N) is 2. The van der Waals surface area contributed by atoms with Gasteiger partial charge in [-0.2, -0.15) is 0 Å². The van der Waals surface area contributed by atoms with Crippen molar-refractivity contribution in [2.45, 2.75) is 39.7 Å². The Balaban J connectivity index is 2.04. The minimum atomic E-state index is 0.316. The van der Waals surface area contributed by atoms with Gasteiger partial charge in [-0.05, 0) is 63.6 Å². The molecule has 0 aliphatic heterocycles. The van der Waals surface area contributed by atoms with E-state index in [2.05, 4.69) is 36.0 Å². The van der Waals surface area contributed by atoms with Crippen LogP contribution in [0.15, 0.2) is 30.4 Å². The summed E-state index contributed by atoms with van der Waals surface area (Å²) in [6, 6.07) is 6.37. The van der Waals surface area contributed by atoms with E-state index in [4.69, 9.17) is 13.0 Å². The smallest absolute Gasteiger partial charge is 0.0737 e. The second kappa shape index (κ2) is 8.35. The van der Waals surface area contributed by atoms with Crippen LogP contribution in [0.2, 0.25) is 5.02 Å². The maximum atomic E-state index is 8.14. The first-order valence-electron chi connectivity index (χ1n) is 8.58. The zero-order chi connectivity index (χ0) is 16.8. The number of pyridine rings is 1. The third kappa shape index (κ3) is 4.59. The van der Waals surface area contributed by atoms with E-state index in [-0.39, 0.29) is 0 Å². The number of rotatable bonds is 8. The van der Waals surface area contributed by atoms with Crippen molar-refractivity contribution in [1.82, 2.24) is 9.88 Å². The Morgan fingerprint density at radius 1 is 1.36 bits per heavy atom. The third-order valence-electron chi connectivity index (χ3n) is 4.04. The molecule has 0 spiro atoms. The van der Waals surface area contributed by atoms with Gasteiger partial charge in [-0.15, -0.1) is 0 Å². The lowest BCUT2D eigenvalue weighted by Gasteiger charge is -2.20. The van der Waals surface area contributed by atoms with Crippen molar-refractivity contribution in [3.8, 4) is 0 Å². The van der Waals surface area contributed by atoms with Crippen LogP contribution in [0.25, 0.3) is 10.9 Å². The average molecular weight is 322 g/mol. The van der Waals surface area contributed by atoms with E-state index in [1.165, 1.54) is 0 Å². The highest BCUT2D eigenvalue weighted by Gasteiger charge is 2.07. The van der Waals surface area contributed by atoms with E-state index < -0.39 is 0 Å². The second-order valence-corrected chi connectivity index (χ2v) is 6.09. The second-order valence-electron chi connectivity index (χ2n) is 5.65. The number of aromatic nitrogens is 1. The number of benzene rings is 1. The molecule has 2 aromatic rings. The SMILES string of the molecule is [3H]c1cnc2cc(Cl)ccc2c1NC(C)CCCN(CC)CC. The summed E-state index contributed by atoms with van der Waals surface area (Å²) in [7, 11) is 0. The molecule has 0 saturated heterocycles. The molecule has 1 aromatic carbocycles. The Labute approximate surface area is 140 Å². The third-order valence-corrected chi connectivity index (χ3v) is 4.27. The van der Waals surface area contributed by atoms with E-state index in [1.54, 1.807) is 6.20 Å². The first-order chi connectivity index (χ1) is 11.0. The summed E-state index contributed by atoms with van der Waals surface area (Å²) in [6.45, 7) is 9.90. The summed E-state index contributed by atoms with van der Waals surface area (Å²) < 4.78 is 8.14. The molecule has 0 aliphatic carbocycles. The molecule has 2 rings (SSSR count). The van der Waals surface area contributed by atoms with Gasteiger partial charge >= 0.3 is 0 Å². The lowest BCUT2D eigenvalue weighted by Crippen LogP contribution is -2.25. The molecule has 1 N–H and O–H groups in total. The van der Waals surface area contributed by atoms with Crippen LogP contribution in [-0.4, -0.2) is 35.6 Å². The minimum absolute atomic E-state index is 0.316. The van der Waals surface area contributed by atoms with Crippen molar-refractivity contribution >= 4 is 28.2 Å². The van der Waals surface area contributed by atoms with Gasteiger partial charge in [0.2, 0.25) is 0 Å². The van der Waals surface area contributed by atoms with Crippen LogP contribution in [0.4, 0.5) is 5.69 Å². The molecule has 1 atom stereocenters. The van der Waals surface area contributed by atoms with Crippen molar-refractivity contribution < 1.29 is 1.37 Å². The fourth-order valence-corrected chi connectivity index (χ4v) is 2.83. The first kappa shape index (κ1) is 15.6. The fourth-order valence-electron chi connectivity index (χ4n) is 2.67. The summed E-state index contributed by atoms with van der Waals surface area (Å²) >= 11 is 6.03. The Morgan fingerprint density at radius 3 is 2.86 bits per heavy atom. The van der Waals surface area contributed by atoms with Gasteiger partial charge in [-0.25, -0.2) is 0 Å². The van der Waals surface area contributed by atoms with E-state index in [0.717, 1.165) is 49.1 Å². The number of anilines is 1. The molecule has 0 bridgehead atoms. The van der Waals surface area contributed by atoms with Crippen LogP contribution >= 0.6 is 11.6 Å². The number of fused-ring (bicyclic) bond motifs is 1. The van der Waals surface area contributed by atoms with E-state index in [9.17, 15) is 0 Å². The van der Waals surface area contributed by atoms with Gasteiger partial charge in [0, 0.05) is 28.3 Å². The molecule has 0 amide bonds. The fraction of sp³-hybridized carbons (Fsp3) is 0.500. The van der Waals surface area contributed by atoms with Gasteiger partial charge in [0.25, 0.3) is 0 Å². The lowest BCUT2D eigenvalue weighted by molar-refractivity contribution is 0.295. The van der Waals surface area contributed by atoms with Gasteiger partial charge in [-0.1, -0.05) is 25.4 Å². The lowest BCUT2D eigenvalue weighted by atomic mass is 10.1. The Hall–Kier alpha value is -1.32. The summed E-state index contributed by atoms with van der Waals surface area (Å²) in [5.74, 6) is 0. The van der Waals surface area contributed by atoms with Gasteiger partial charge < -0.3 is 10.2 Å². The van der Waals surface area contributed by atoms with Crippen molar-refractivity contribution in [3.63, 3.8) is 0 Å². The largest absolute Gasteiger partial charge is 0.382 e. The van der Waals surface area contributed by atoms with E-state index in [0.29, 0.717) is 17.1 Å². The summed E-state index contributed by atoms with van der Waals surface area (Å²) in [6.07, 6.45) is 3.81. The molecule has 0 aliphatic rings. The number of nitrogens with one attached hydrogen (secondary N) is 1. The zero-order valence-corrected chi connectivity index (χ0v) is 14.5.